The van der Waals surface area contributed by atoms with Gasteiger partial charge in [-0.05, 0) is 65.2 Å². The van der Waals surface area contributed by atoms with E-state index >= 15 is 4.39 Å². The van der Waals surface area contributed by atoms with Crippen LogP contribution in [0.15, 0.2) is 109 Å². The minimum Gasteiger partial charge on any atom is -0.508 e. The number of phenolic OH excluding ortho intramolecular Hbond substituents is 1. The lowest BCUT2D eigenvalue weighted by atomic mass is 10.0. The second kappa shape index (κ2) is 13.5. The summed E-state index contributed by atoms with van der Waals surface area (Å²) in [6, 6.07) is 26.5. The molecule has 0 atom stereocenters. The third kappa shape index (κ3) is 7.66. The Balaban J connectivity index is 1.23. The van der Waals surface area contributed by atoms with Gasteiger partial charge in [-0.1, -0.05) is 54.6 Å². The van der Waals surface area contributed by atoms with Crippen LogP contribution in [0.25, 0.3) is 11.1 Å². The van der Waals surface area contributed by atoms with Crippen LogP contribution in [0.3, 0.4) is 0 Å². The van der Waals surface area contributed by atoms with Crippen LogP contribution >= 0.6 is 0 Å². The number of rotatable bonds is 11. The first kappa shape index (κ1) is 31.7. The number of halogens is 2. The smallest absolute Gasteiger partial charge is 0.335 e. The van der Waals surface area contributed by atoms with Crippen molar-refractivity contribution in [1.82, 2.24) is 0 Å². The van der Waals surface area contributed by atoms with Crippen molar-refractivity contribution in [3.63, 3.8) is 0 Å². The largest absolute Gasteiger partial charge is 0.508 e. The summed E-state index contributed by atoms with van der Waals surface area (Å²) in [5.74, 6) is -4.37. The Morgan fingerprint density at radius 1 is 0.783 bits per heavy atom. The Morgan fingerprint density at radius 3 is 2.24 bits per heavy atom. The van der Waals surface area contributed by atoms with Crippen molar-refractivity contribution in [1.29, 1.82) is 0 Å². The summed E-state index contributed by atoms with van der Waals surface area (Å²) >= 11 is 0. The van der Waals surface area contributed by atoms with Gasteiger partial charge in [-0.3, -0.25) is 9.52 Å². The molecule has 4 N–H and O–H groups in total. The van der Waals surface area contributed by atoms with Crippen LogP contribution < -0.4 is 14.8 Å². The van der Waals surface area contributed by atoms with Crippen molar-refractivity contribution in [2.45, 2.75) is 12.4 Å². The van der Waals surface area contributed by atoms with Crippen LogP contribution in [-0.2, 0) is 22.4 Å². The summed E-state index contributed by atoms with van der Waals surface area (Å²) in [4.78, 5) is 24.3. The second-order valence-electron chi connectivity index (χ2n) is 10.1. The number of aromatic carboxylic acids is 1. The van der Waals surface area contributed by atoms with E-state index in [1.807, 2.05) is 6.07 Å². The molecule has 0 saturated heterocycles. The third-order valence-electron chi connectivity index (χ3n) is 6.84. The molecule has 5 aromatic carbocycles. The molecule has 5 aromatic rings. The topological polar surface area (TPSA) is 142 Å². The number of aromatic hydroxyl groups is 1. The Morgan fingerprint density at radius 2 is 1.50 bits per heavy atom. The number of hydrogen-bond acceptors (Lipinski definition) is 6. The standard InChI is InChI=1S/C34H26F2N2O7S/c35-29-18-26(37-33(40)23-7-3-6-22(17-23)21-11-14-27(39)15-12-21)13-16-31(29)45-19-24-8-4-10-30(32(24)36)38-46(43,44)20-25-5-1-2-9-28(25)34(41)42/h1-18,38-39H,19-20H2,(H,37,40)(H,41,42). The fraction of sp³-hybridized carbons (Fsp3) is 0.0588. The van der Waals surface area contributed by atoms with Gasteiger partial charge in [0.05, 0.1) is 17.0 Å². The minimum absolute atomic E-state index is 0.0279. The van der Waals surface area contributed by atoms with E-state index in [1.165, 1.54) is 66.7 Å². The van der Waals surface area contributed by atoms with Crippen molar-refractivity contribution in [3.05, 3.63) is 143 Å². The Labute approximate surface area is 262 Å². The van der Waals surface area contributed by atoms with Gasteiger partial charge in [0.1, 0.15) is 12.4 Å². The summed E-state index contributed by atoms with van der Waals surface area (Å²) < 4.78 is 63.2. The Bertz CT molecular complexity index is 2030. The first-order chi connectivity index (χ1) is 22.0. The van der Waals surface area contributed by atoms with Crippen molar-refractivity contribution in [2.75, 3.05) is 10.0 Å². The van der Waals surface area contributed by atoms with E-state index in [9.17, 15) is 32.6 Å². The zero-order valence-electron chi connectivity index (χ0n) is 23.9. The highest BCUT2D eigenvalue weighted by atomic mass is 32.2. The van der Waals surface area contributed by atoms with E-state index in [0.717, 1.165) is 17.2 Å². The lowest BCUT2D eigenvalue weighted by molar-refractivity contribution is 0.0695. The van der Waals surface area contributed by atoms with Gasteiger partial charge in [0.15, 0.2) is 17.4 Å². The Hall–Kier alpha value is -5.75. The van der Waals surface area contributed by atoms with Crippen LogP contribution in [0.5, 0.6) is 11.5 Å². The summed E-state index contributed by atoms with van der Waals surface area (Å²) in [5, 5.41) is 21.4. The number of phenols is 1. The zero-order valence-corrected chi connectivity index (χ0v) is 24.7. The fourth-order valence-electron chi connectivity index (χ4n) is 4.58. The maximum atomic E-state index is 15.2. The monoisotopic (exact) mass is 644 g/mol. The molecule has 0 heterocycles. The average molecular weight is 645 g/mol. The number of amides is 1. The van der Waals surface area contributed by atoms with Gasteiger partial charge in [-0.15, -0.1) is 0 Å². The van der Waals surface area contributed by atoms with Crippen LogP contribution in [0.4, 0.5) is 20.2 Å². The van der Waals surface area contributed by atoms with Crippen LogP contribution in [0.1, 0.15) is 31.8 Å². The van der Waals surface area contributed by atoms with E-state index in [1.54, 1.807) is 30.3 Å². The number of carbonyl (C=O) groups is 2. The first-order valence-corrected chi connectivity index (χ1v) is 15.4. The normalized spacial score (nSPS) is 11.1. The molecule has 0 radical (unpaired) electrons. The molecule has 0 aliphatic heterocycles. The van der Waals surface area contributed by atoms with Crippen molar-refractivity contribution >= 4 is 33.3 Å². The van der Waals surface area contributed by atoms with Gasteiger partial charge in [0.25, 0.3) is 5.91 Å². The maximum absolute atomic E-state index is 15.2. The quantitative estimate of drug-likeness (QED) is 0.124. The molecule has 9 nitrogen and oxygen atoms in total. The van der Waals surface area contributed by atoms with Crippen molar-refractivity contribution in [2.24, 2.45) is 0 Å². The molecule has 0 aromatic heterocycles. The first-order valence-electron chi connectivity index (χ1n) is 13.7. The van der Waals surface area contributed by atoms with E-state index in [-0.39, 0.29) is 39.6 Å². The van der Waals surface area contributed by atoms with Gasteiger partial charge >= 0.3 is 5.97 Å². The molecule has 234 valence electrons. The molecule has 5 rings (SSSR count). The summed E-state index contributed by atoms with van der Waals surface area (Å²) in [7, 11) is -4.21. The van der Waals surface area contributed by atoms with Crippen LogP contribution in [-0.4, -0.2) is 30.5 Å². The average Bonchev–Trinajstić information content (AvgIpc) is 3.02. The molecule has 0 unspecified atom stereocenters. The number of anilines is 2. The van der Waals surface area contributed by atoms with E-state index in [4.69, 9.17) is 4.74 Å². The highest BCUT2D eigenvalue weighted by molar-refractivity contribution is 7.91. The number of sulfonamides is 1. The molecule has 0 aliphatic rings. The molecular formula is C34H26F2N2O7S. The summed E-state index contributed by atoms with van der Waals surface area (Å²) in [5.41, 5.74) is 1.39. The minimum atomic E-state index is -4.21. The van der Waals surface area contributed by atoms with E-state index in [0.29, 0.717) is 5.56 Å². The van der Waals surface area contributed by atoms with Crippen LogP contribution in [0.2, 0.25) is 0 Å². The SMILES string of the molecule is O=C(Nc1ccc(OCc2cccc(NS(=O)(=O)Cc3ccccc3C(=O)O)c2F)c(F)c1)c1cccc(-c2ccc(O)cc2)c1. The van der Waals surface area contributed by atoms with Gasteiger partial charge in [0.2, 0.25) is 10.0 Å². The molecule has 1 amide bonds. The van der Waals surface area contributed by atoms with Crippen molar-refractivity contribution < 1.29 is 41.7 Å². The predicted molar refractivity (Wildman–Crippen MR) is 168 cm³/mol. The third-order valence-corrected chi connectivity index (χ3v) is 8.06. The molecular weight excluding hydrogens is 618 g/mol. The predicted octanol–water partition coefficient (Wildman–Crippen LogP) is 6.81. The lowest BCUT2D eigenvalue weighted by Gasteiger charge is -2.14. The van der Waals surface area contributed by atoms with E-state index in [2.05, 4.69) is 10.0 Å². The van der Waals surface area contributed by atoms with E-state index < -0.39 is 45.9 Å². The molecule has 0 saturated carbocycles. The lowest BCUT2D eigenvalue weighted by Crippen LogP contribution is -2.18. The Kier molecular flexibility index (Phi) is 9.29. The molecule has 0 fully saturated rings. The number of nitrogens with one attached hydrogen (secondary N) is 2. The number of carbonyl (C=O) groups excluding carboxylic acids is 1. The highest BCUT2D eigenvalue weighted by Gasteiger charge is 2.20. The van der Waals surface area contributed by atoms with Crippen molar-refractivity contribution in [3.8, 4) is 22.6 Å². The number of hydrogen-bond donors (Lipinski definition) is 4. The second-order valence-corrected chi connectivity index (χ2v) is 11.8. The number of ether oxygens (including phenoxy) is 1. The molecule has 12 heteroatoms. The van der Waals surface area contributed by atoms with Gasteiger partial charge < -0.3 is 20.3 Å². The summed E-state index contributed by atoms with van der Waals surface area (Å²) in [6.07, 6.45) is 0. The van der Waals surface area contributed by atoms with Crippen LogP contribution in [0, 0.1) is 11.6 Å². The fourth-order valence-corrected chi connectivity index (χ4v) is 5.81. The number of carboxylic acids is 1. The van der Waals surface area contributed by atoms with Gasteiger partial charge in [0, 0.05) is 22.9 Å². The molecule has 0 spiro atoms. The molecule has 46 heavy (non-hydrogen) atoms. The molecule has 0 bridgehead atoms. The number of carboxylic acid groups (broad SMARTS) is 1. The molecule has 0 aliphatic carbocycles. The summed E-state index contributed by atoms with van der Waals surface area (Å²) in [6.45, 7) is -0.448. The maximum Gasteiger partial charge on any atom is 0.335 e. The number of benzene rings is 5. The van der Waals surface area contributed by atoms with Gasteiger partial charge in [-0.2, -0.15) is 0 Å². The zero-order chi connectivity index (χ0) is 32.8. The highest BCUT2D eigenvalue weighted by Crippen LogP contribution is 2.27. The van der Waals surface area contributed by atoms with Gasteiger partial charge in [-0.25, -0.2) is 22.0 Å².